The molecule has 0 atom stereocenters. The topological polar surface area (TPSA) is 72.2 Å². The second-order valence-electron chi connectivity index (χ2n) is 4.82. The van der Waals surface area contributed by atoms with Gasteiger partial charge in [0.2, 0.25) is 11.8 Å². The standard InChI is InChI=1S/C18H18N2O2S/c19-18(22)15-8-10-16(11-9-15)20-17(21)13-23-12-4-7-14-5-2-1-3-6-14/h1-11H,12-13H2,(H2,19,22)(H,20,21)/b7-4+. The Kier molecular flexibility index (Phi) is 6.44. The second kappa shape index (κ2) is 8.80. The molecule has 2 rings (SSSR count). The molecule has 2 aromatic carbocycles. The van der Waals surface area contributed by atoms with Gasteiger partial charge in [-0.15, -0.1) is 11.8 Å². The lowest BCUT2D eigenvalue weighted by Crippen LogP contribution is -2.15. The Balaban J connectivity index is 1.71. The summed E-state index contributed by atoms with van der Waals surface area (Å²) in [7, 11) is 0. The number of primary amides is 1. The molecule has 2 aromatic rings. The highest BCUT2D eigenvalue weighted by molar-refractivity contribution is 8.00. The Morgan fingerprint density at radius 1 is 1.04 bits per heavy atom. The smallest absolute Gasteiger partial charge is 0.248 e. The van der Waals surface area contributed by atoms with Crippen LogP contribution in [0.4, 0.5) is 5.69 Å². The van der Waals surface area contributed by atoms with E-state index in [-0.39, 0.29) is 5.91 Å². The zero-order valence-electron chi connectivity index (χ0n) is 12.6. The maximum absolute atomic E-state index is 11.8. The van der Waals surface area contributed by atoms with Crippen LogP contribution in [0.15, 0.2) is 60.7 Å². The van der Waals surface area contributed by atoms with Gasteiger partial charge in [0.1, 0.15) is 0 Å². The molecule has 3 N–H and O–H groups in total. The first-order valence-corrected chi connectivity index (χ1v) is 8.29. The van der Waals surface area contributed by atoms with Crippen LogP contribution < -0.4 is 11.1 Å². The lowest BCUT2D eigenvalue weighted by molar-refractivity contribution is -0.113. The fraction of sp³-hybridized carbons (Fsp3) is 0.111. The number of nitrogens with two attached hydrogens (primary N) is 1. The van der Waals surface area contributed by atoms with E-state index in [1.165, 1.54) is 11.8 Å². The van der Waals surface area contributed by atoms with Crippen molar-refractivity contribution in [1.82, 2.24) is 0 Å². The molecular weight excluding hydrogens is 308 g/mol. The Bertz CT molecular complexity index is 682. The van der Waals surface area contributed by atoms with Crippen LogP contribution in [-0.2, 0) is 4.79 Å². The highest BCUT2D eigenvalue weighted by atomic mass is 32.2. The van der Waals surface area contributed by atoms with E-state index in [4.69, 9.17) is 5.73 Å². The fourth-order valence-electron chi connectivity index (χ4n) is 1.88. The summed E-state index contributed by atoms with van der Waals surface area (Å²) < 4.78 is 0. The van der Waals surface area contributed by atoms with Crippen LogP contribution >= 0.6 is 11.8 Å². The first-order chi connectivity index (χ1) is 11.1. The number of carbonyl (C=O) groups excluding carboxylic acids is 2. The molecule has 0 bridgehead atoms. The van der Waals surface area contributed by atoms with Gasteiger partial charge in [-0.05, 0) is 29.8 Å². The van der Waals surface area contributed by atoms with Gasteiger partial charge >= 0.3 is 0 Å². The SMILES string of the molecule is NC(=O)c1ccc(NC(=O)CSC/C=C/c2ccccc2)cc1. The molecule has 118 valence electrons. The van der Waals surface area contributed by atoms with Crippen LogP contribution in [0.25, 0.3) is 6.08 Å². The van der Waals surface area contributed by atoms with Crippen molar-refractivity contribution >= 4 is 35.3 Å². The minimum atomic E-state index is -0.483. The molecule has 23 heavy (non-hydrogen) atoms. The van der Waals surface area contributed by atoms with E-state index in [1.54, 1.807) is 24.3 Å². The Hall–Kier alpha value is -2.53. The van der Waals surface area contributed by atoms with Crippen LogP contribution in [0.1, 0.15) is 15.9 Å². The first kappa shape index (κ1) is 16.8. The molecule has 0 aliphatic heterocycles. The molecule has 0 heterocycles. The van der Waals surface area contributed by atoms with Gasteiger partial charge in [-0.1, -0.05) is 42.5 Å². The maximum Gasteiger partial charge on any atom is 0.248 e. The number of hydrogen-bond donors (Lipinski definition) is 2. The van der Waals surface area contributed by atoms with Crippen LogP contribution in [0.3, 0.4) is 0 Å². The summed E-state index contributed by atoms with van der Waals surface area (Å²) in [6.45, 7) is 0. The summed E-state index contributed by atoms with van der Waals surface area (Å²) in [6.07, 6.45) is 4.07. The van der Waals surface area contributed by atoms with E-state index < -0.39 is 5.91 Å². The molecule has 0 aliphatic carbocycles. The monoisotopic (exact) mass is 326 g/mol. The van der Waals surface area contributed by atoms with E-state index in [9.17, 15) is 9.59 Å². The Morgan fingerprint density at radius 2 is 1.74 bits per heavy atom. The molecule has 4 nitrogen and oxygen atoms in total. The van der Waals surface area contributed by atoms with Gasteiger partial charge in [0.05, 0.1) is 5.75 Å². The zero-order valence-corrected chi connectivity index (χ0v) is 13.4. The third-order valence-corrected chi connectivity index (χ3v) is 3.90. The quantitative estimate of drug-likeness (QED) is 0.768. The number of thioether (sulfide) groups is 1. The zero-order chi connectivity index (χ0) is 16.5. The van der Waals surface area contributed by atoms with E-state index in [0.717, 1.165) is 11.3 Å². The van der Waals surface area contributed by atoms with Crippen molar-refractivity contribution in [3.05, 3.63) is 71.8 Å². The third-order valence-electron chi connectivity index (χ3n) is 3.01. The number of hydrogen-bond acceptors (Lipinski definition) is 3. The molecule has 0 spiro atoms. The largest absolute Gasteiger partial charge is 0.366 e. The van der Waals surface area contributed by atoms with E-state index in [1.807, 2.05) is 42.5 Å². The predicted octanol–water partition coefficient (Wildman–Crippen LogP) is 3.17. The molecule has 0 radical (unpaired) electrons. The van der Waals surface area contributed by atoms with Crippen molar-refractivity contribution in [3.63, 3.8) is 0 Å². The molecule has 5 heteroatoms. The number of benzene rings is 2. The summed E-state index contributed by atoms with van der Waals surface area (Å²) in [5.74, 6) is 0.582. The van der Waals surface area contributed by atoms with Gasteiger partial charge < -0.3 is 11.1 Å². The Labute approximate surface area is 139 Å². The minimum absolute atomic E-state index is 0.0741. The van der Waals surface area contributed by atoms with Crippen LogP contribution in [0.2, 0.25) is 0 Å². The highest BCUT2D eigenvalue weighted by Gasteiger charge is 2.03. The summed E-state index contributed by atoms with van der Waals surface area (Å²) in [5.41, 5.74) is 7.38. The van der Waals surface area contributed by atoms with Gasteiger partial charge in [-0.2, -0.15) is 0 Å². The van der Waals surface area contributed by atoms with Crippen LogP contribution in [0, 0.1) is 0 Å². The molecule has 0 aromatic heterocycles. The summed E-state index contributed by atoms with van der Waals surface area (Å²) in [4.78, 5) is 22.8. The molecule has 0 aliphatic rings. The van der Waals surface area contributed by atoms with Crippen molar-refractivity contribution in [1.29, 1.82) is 0 Å². The molecule has 0 unspecified atom stereocenters. The van der Waals surface area contributed by atoms with Crippen molar-refractivity contribution < 1.29 is 9.59 Å². The number of rotatable bonds is 7. The fourth-order valence-corrected chi connectivity index (χ4v) is 2.49. The third kappa shape index (κ3) is 6.00. The lowest BCUT2D eigenvalue weighted by atomic mass is 10.2. The number of carbonyl (C=O) groups is 2. The van der Waals surface area contributed by atoms with E-state index in [2.05, 4.69) is 5.32 Å². The van der Waals surface area contributed by atoms with Gasteiger partial charge in [0, 0.05) is 17.0 Å². The first-order valence-electron chi connectivity index (χ1n) is 7.14. The van der Waals surface area contributed by atoms with Gasteiger partial charge in [-0.3, -0.25) is 9.59 Å². The molecule has 0 saturated heterocycles. The van der Waals surface area contributed by atoms with Crippen molar-refractivity contribution in [2.45, 2.75) is 0 Å². The highest BCUT2D eigenvalue weighted by Crippen LogP contribution is 2.11. The van der Waals surface area contributed by atoms with Crippen molar-refractivity contribution in [2.75, 3.05) is 16.8 Å². The second-order valence-corrected chi connectivity index (χ2v) is 5.85. The number of nitrogens with one attached hydrogen (secondary N) is 1. The molecule has 2 amide bonds. The van der Waals surface area contributed by atoms with Crippen molar-refractivity contribution in [3.8, 4) is 0 Å². The minimum Gasteiger partial charge on any atom is -0.366 e. The van der Waals surface area contributed by atoms with Gasteiger partial charge in [0.15, 0.2) is 0 Å². The van der Waals surface area contributed by atoms with Crippen molar-refractivity contribution in [2.24, 2.45) is 5.73 Å². The normalized spacial score (nSPS) is 10.6. The summed E-state index contributed by atoms with van der Waals surface area (Å²) >= 11 is 1.53. The maximum atomic E-state index is 11.8. The number of anilines is 1. The van der Waals surface area contributed by atoms with E-state index >= 15 is 0 Å². The van der Waals surface area contributed by atoms with Crippen LogP contribution in [0.5, 0.6) is 0 Å². The lowest BCUT2D eigenvalue weighted by Gasteiger charge is -2.05. The number of amides is 2. The van der Waals surface area contributed by atoms with E-state index in [0.29, 0.717) is 17.0 Å². The molecular formula is C18H18N2O2S. The molecule has 0 fully saturated rings. The van der Waals surface area contributed by atoms with Gasteiger partial charge in [0.25, 0.3) is 0 Å². The van der Waals surface area contributed by atoms with Crippen LogP contribution in [-0.4, -0.2) is 23.3 Å². The molecule has 0 saturated carbocycles. The Morgan fingerprint density at radius 3 is 2.39 bits per heavy atom. The average molecular weight is 326 g/mol. The summed E-state index contributed by atoms with van der Waals surface area (Å²) in [5, 5.41) is 2.78. The predicted molar refractivity (Wildman–Crippen MR) is 96.4 cm³/mol. The van der Waals surface area contributed by atoms with Gasteiger partial charge in [-0.25, -0.2) is 0 Å². The summed E-state index contributed by atoms with van der Waals surface area (Å²) in [6, 6.07) is 16.5. The average Bonchev–Trinajstić information content (AvgIpc) is 2.56.